The first-order chi connectivity index (χ1) is 6.91. The fraction of sp³-hybridized carbons (Fsp3) is 0.727. The van der Waals surface area contributed by atoms with Crippen molar-refractivity contribution < 1.29 is 0 Å². The zero-order chi connectivity index (χ0) is 11.4. The second-order valence-corrected chi connectivity index (χ2v) is 5.41. The molecule has 0 bridgehead atoms. The van der Waals surface area contributed by atoms with Crippen molar-refractivity contribution in [3.8, 4) is 0 Å². The summed E-state index contributed by atoms with van der Waals surface area (Å²) >= 11 is 6.26. The number of aryl methyl sites for hydroxylation is 2. The van der Waals surface area contributed by atoms with Crippen LogP contribution in [0.15, 0.2) is 0 Å². The van der Waals surface area contributed by atoms with Crippen LogP contribution in [0.1, 0.15) is 31.0 Å². The number of hydrogen-bond donors (Lipinski definition) is 1. The van der Waals surface area contributed by atoms with Gasteiger partial charge in [0, 0.05) is 12.6 Å². The van der Waals surface area contributed by atoms with Gasteiger partial charge in [0.15, 0.2) is 0 Å². The monoisotopic (exact) mass is 227 g/mol. The van der Waals surface area contributed by atoms with Crippen LogP contribution in [0.5, 0.6) is 0 Å². The van der Waals surface area contributed by atoms with Gasteiger partial charge in [0.05, 0.1) is 5.69 Å². The van der Waals surface area contributed by atoms with Gasteiger partial charge in [-0.3, -0.25) is 4.68 Å². The van der Waals surface area contributed by atoms with Crippen LogP contribution in [0, 0.1) is 18.3 Å². The van der Waals surface area contributed by atoms with E-state index in [2.05, 4.69) is 18.9 Å². The van der Waals surface area contributed by atoms with Gasteiger partial charge >= 0.3 is 0 Å². The number of nitrogens with two attached hydrogens (primary N) is 1. The van der Waals surface area contributed by atoms with Crippen LogP contribution < -0.4 is 5.73 Å². The molecule has 2 rings (SSSR count). The summed E-state index contributed by atoms with van der Waals surface area (Å²) in [6.07, 6.45) is 0. The Kier molecular flexibility index (Phi) is 2.36. The fourth-order valence-corrected chi connectivity index (χ4v) is 3.05. The molecular weight excluding hydrogens is 210 g/mol. The highest BCUT2D eigenvalue weighted by Gasteiger charge is 2.58. The summed E-state index contributed by atoms with van der Waals surface area (Å²) in [5, 5.41) is 5.12. The Bertz CT molecular complexity index is 395. The molecule has 3 nitrogen and oxygen atoms in total. The number of rotatable bonds is 2. The van der Waals surface area contributed by atoms with Crippen LogP contribution >= 0.6 is 11.6 Å². The summed E-state index contributed by atoms with van der Waals surface area (Å²) in [5.41, 5.74) is 8.28. The molecule has 1 heterocycles. The van der Waals surface area contributed by atoms with E-state index in [1.54, 1.807) is 4.68 Å². The van der Waals surface area contributed by atoms with Gasteiger partial charge in [0.25, 0.3) is 0 Å². The van der Waals surface area contributed by atoms with Crippen molar-refractivity contribution in [2.45, 2.75) is 26.7 Å². The van der Waals surface area contributed by atoms with Gasteiger partial charge in [0.1, 0.15) is 5.15 Å². The van der Waals surface area contributed by atoms with Crippen LogP contribution in [0.3, 0.4) is 0 Å². The smallest absolute Gasteiger partial charge is 0.130 e. The molecule has 1 fully saturated rings. The Morgan fingerprint density at radius 1 is 1.53 bits per heavy atom. The van der Waals surface area contributed by atoms with Crippen molar-refractivity contribution in [3.05, 3.63) is 16.4 Å². The van der Waals surface area contributed by atoms with Gasteiger partial charge in [-0.2, -0.15) is 5.10 Å². The fourth-order valence-electron chi connectivity index (χ4n) is 2.76. The normalized spacial score (nSPS) is 28.1. The van der Waals surface area contributed by atoms with Crippen molar-refractivity contribution in [2.24, 2.45) is 24.1 Å². The molecular formula is C11H18ClN3. The molecule has 0 aromatic carbocycles. The zero-order valence-corrected chi connectivity index (χ0v) is 10.5. The predicted octanol–water partition coefficient (Wildman–Crippen LogP) is 2.08. The minimum Gasteiger partial charge on any atom is -0.330 e. The molecule has 1 aliphatic carbocycles. The van der Waals surface area contributed by atoms with Crippen molar-refractivity contribution in [1.82, 2.24) is 9.78 Å². The molecule has 0 aliphatic heterocycles. The van der Waals surface area contributed by atoms with Crippen LogP contribution in [0.2, 0.25) is 5.15 Å². The van der Waals surface area contributed by atoms with E-state index in [1.165, 1.54) is 5.56 Å². The Labute approximate surface area is 95.6 Å². The highest BCUT2D eigenvalue weighted by Crippen LogP contribution is 2.65. The summed E-state index contributed by atoms with van der Waals surface area (Å²) in [5.74, 6) is 1.02. The Hall–Kier alpha value is -0.540. The van der Waals surface area contributed by atoms with Crippen molar-refractivity contribution in [1.29, 1.82) is 0 Å². The molecule has 0 saturated heterocycles. The van der Waals surface area contributed by atoms with Gasteiger partial charge < -0.3 is 5.73 Å². The van der Waals surface area contributed by atoms with Crippen LogP contribution in [-0.2, 0) is 7.05 Å². The maximum absolute atomic E-state index is 6.26. The van der Waals surface area contributed by atoms with E-state index in [9.17, 15) is 0 Å². The average molecular weight is 228 g/mol. The highest BCUT2D eigenvalue weighted by molar-refractivity contribution is 6.30. The summed E-state index contributed by atoms with van der Waals surface area (Å²) in [6, 6.07) is 0. The summed E-state index contributed by atoms with van der Waals surface area (Å²) in [4.78, 5) is 0. The lowest BCUT2D eigenvalue weighted by Gasteiger charge is -2.02. The molecule has 15 heavy (non-hydrogen) atoms. The molecule has 1 aliphatic rings. The third-order valence-corrected chi connectivity index (χ3v) is 4.26. The summed E-state index contributed by atoms with van der Waals surface area (Å²) < 4.78 is 1.74. The Balaban J connectivity index is 2.40. The van der Waals surface area contributed by atoms with Gasteiger partial charge in [0.2, 0.25) is 0 Å². The second-order valence-electron chi connectivity index (χ2n) is 5.05. The molecule has 1 saturated carbocycles. The number of halogens is 1. The number of hydrogen-bond acceptors (Lipinski definition) is 2. The standard InChI is InChI=1S/C11H18ClN3/c1-6-8(10(12)15(4)14-6)9-7(5-13)11(9,2)3/h7,9H,5,13H2,1-4H3. The van der Waals surface area contributed by atoms with Gasteiger partial charge in [-0.15, -0.1) is 0 Å². The van der Waals surface area contributed by atoms with E-state index in [1.807, 2.05) is 14.0 Å². The van der Waals surface area contributed by atoms with Crippen molar-refractivity contribution in [2.75, 3.05) is 6.54 Å². The van der Waals surface area contributed by atoms with Crippen molar-refractivity contribution >= 4 is 11.6 Å². The molecule has 4 heteroatoms. The van der Waals surface area contributed by atoms with E-state index >= 15 is 0 Å². The number of nitrogens with zero attached hydrogens (tertiary/aromatic N) is 2. The molecule has 0 amide bonds. The molecule has 0 spiro atoms. The first kappa shape index (κ1) is 11.0. The molecule has 0 radical (unpaired) electrons. The minimum absolute atomic E-state index is 0.270. The van der Waals surface area contributed by atoms with Crippen LogP contribution in [0.4, 0.5) is 0 Å². The Morgan fingerprint density at radius 3 is 2.47 bits per heavy atom. The van der Waals surface area contributed by atoms with E-state index in [0.29, 0.717) is 11.8 Å². The lowest BCUT2D eigenvalue weighted by Crippen LogP contribution is -2.05. The van der Waals surface area contributed by atoms with E-state index in [4.69, 9.17) is 17.3 Å². The number of aromatic nitrogens is 2. The third kappa shape index (κ3) is 1.41. The van der Waals surface area contributed by atoms with E-state index in [-0.39, 0.29) is 5.41 Å². The van der Waals surface area contributed by atoms with Crippen molar-refractivity contribution in [3.63, 3.8) is 0 Å². The third-order valence-electron chi connectivity index (χ3n) is 3.81. The van der Waals surface area contributed by atoms with Gasteiger partial charge in [-0.05, 0) is 30.7 Å². The molecule has 1 aromatic rings. The largest absolute Gasteiger partial charge is 0.330 e. The zero-order valence-electron chi connectivity index (χ0n) is 9.71. The Morgan fingerprint density at radius 2 is 2.13 bits per heavy atom. The minimum atomic E-state index is 0.270. The molecule has 84 valence electrons. The SMILES string of the molecule is Cc1nn(C)c(Cl)c1C1C(CN)C1(C)C. The molecule has 1 aromatic heterocycles. The lowest BCUT2D eigenvalue weighted by molar-refractivity contribution is 0.558. The first-order valence-electron chi connectivity index (χ1n) is 5.30. The predicted molar refractivity (Wildman–Crippen MR) is 62.0 cm³/mol. The molecule has 2 unspecified atom stereocenters. The maximum Gasteiger partial charge on any atom is 0.130 e. The van der Waals surface area contributed by atoms with Crippen LogP contribution in [-0.4, -0.2) is 16.3 Å². The highest BCUT2D eigenvalue weighted by atomic mass is 35.5. The topological polar surface area (TPSA) is 43.8 Å². The summed E-state index contributed by atoms with van der Waals surface area (Å²) in [6.45, 7) is 7.24. The van der Waals surface area contributed by atoms with E-state index in [0.717, 1.165) is 17.4 Å². The average Bonchev–Trinajstić information content (AvgIpc) is 2.58. The second kappa shape index (κ2) is 3.22. The van der Waals surface area contributed by atoms with Gasteiger partial charge in [-0.1, -0.05) is 25.4 Å². The van der Waals surface area contributed by atoms with Crippen LogP contribution in [0.25, 0.3) is 0 Å². The van der Waals surface area contributed by atoms with Gasteiger partial charge in [-0.25, -0.2) is 0 Å². The first-order valence-corrected chi connectivity index (χ1v) is 5.68. The lowest BCUT2D eigenvalue weighted by atomic mass is 10.0. The maximum atomic E-state index is 6.26. The quantitative estimate of drug-likeness (QED) is 0.841. The van der Waals surface area contributed by atoms with E-state index < -0.39 is 0 Å². The summed E-state index contributed by atoms with van der Waals surface area (Å²) in [7, 11) is 1.88. The molecule has 2 atom stereocenters. The molecule has 2 N–H and O–H groups in total.